The number of halogens is 1. The Kier molecular flexibility index (Phi) is 4.49. The zero-order valence-corrected chi connectivity index (χ0v) is 11.8. The van der Waals surface area contributed by atoms with Crippen molar-refractivity contribution in [1.82, 2.24) is 5.32 Å². The quantitative estimate of drug-likeness (QED) is 0.806. The lowest BCUT2D eigenvalue weighted by Gasteiger charge is -2.13. The van der Waals surface area contributed by atoms with Gasteiger partial charge >= 0.3 is 12.0 Å². The molecule has 1 unspecified atom stereocenters. The van der Waals surface area contributed by atoms with Gasteiger partial charge in [0, 0.05) is 5.69 Å². The number of benzene rings is 1. The van der Waals surface area contributed by atoms with E-state index in [4.69, 9.17) is 21.1 Å². The van der Waals surface area contributed by atoms with E-state index in [1.807, 2.05) is 0 Å². The average molecular weight is 309 g/mol. The van der Waals surface area contributed by atoms with E-state index in [2.05, 4.69) is 10.6 Å². The van der Waals surface area contributed by atoms with Gasteiger partial charge in [-0.15, -0.1) is 0 Å². The molecule has 6 nitrogen and oxygen atoms in total. The predicted octanol–water partition coefficient (Wildman–Crippen LogP) is 3.51. The van der Waals surface area contributed by atoms with Gasteiger partial charge < -0.3 is 20.2 Å². The Hall–Kier alpha value is -2.47. The first kappa shape index (κ1) is 14.9. The zero-order valence-electron chi connectivity index (χ0n) is 11.1. The number of carbonyl (C=O) groups excluding carboxylic acids is 1. The number of aromatic carboxylic acids is 1. The van der Waals surface area contributed by atoms with Crippen LogP contribution in [0.15, 0.2) is 41.0 Å². The number of furan rings is 1. The van der Waals surface area contributed by atoms with Crippen LogP contribution >= 0.6 is 11.6 Å². The number of rotatable bonds is 4. The number of urea groups is 1. The number of hydrogen-bond acceptors (Lipinski definition) is 3. The molecule has 2 amide bonds. The van der Waals surface area contributed by atoms with Crippen LogP contribution in [0.1, 0.15) is 29.1 Å². The summed E-state index contributed by atoms with van der Waals surface area (Å²) in [5.41, 5.74) is 0.259. The fraction of sp³-hybridized carbons (Fsp3) is 0.143. The molecule has 21 heavy (non-hydrogen) atoms. The summed E-state index contributed by atoms with van der Waals surface area (Å²) in [6, 6.07) is 6.91. The van der Waals surface area contributed by atoms with Crippen molar-refractivity contribution in [3.8, 4) is 0 Å². The molecule has 0 aliphatic heterocycles. The highest BCUT2D eigenvalue weighted by Crippen LogP contribution is 2.21. The highest BCUT2D eigenvalue weighted by Gasteiger charge is 2.13. The topological polar surface area (TPSA) is 91.6 Å². The minimum absolute atomic E-state index is 0.0754. The molecule has 7 heteroatoms. The summed E-state index contributed by atoms with van der Waals surface area (Å²) in [6.45, 7) is 1.77. The monoisotopic (exact) mass is 308 g/mol. The maximum absolute atomic E-state index is 11.8. The van der Waals surface area contributed by atoms with E-state index in [0.29, 0.717) is 11.4 Å². The number of carboxylic acids is 1. The third-order valence-electron chi connectivity index (χ3n) is 2.77. The number of carbonyl (C=O) groups is 2. The summed E-state index contributed by atoms with van der Waals surface area (Å²) in [5, 5.41) is 14.3. The van der Waals surface area contributed by atoms with E-state index in [0.717, 1.165) is 0 Å². The van der Waals surface area contributed by atoms with Crippen molar-refractivity contribution in [3.63, 3.8) is 0 Å². The van der Waals surface area contributed by atoms with Crippen LogP contribution in [-0.4, -0.2) is 17.1 Å². The molecule has 1 aromatic carbocycles. The van der Waals surface area contributed by atoms with Gasteiger partial charge in [-0.3, -0.25) is 0 Å². The minimum atomic E-state index is -1.16. The van der Waals surface area contributed by atoms with E-state index >= 15 is 0 Å². The molecule has 2 aromatic rings. The van der Waals surface area contributed by atoms with Crippen molar-refractivity contribution >= 4 is 29.3 Å². The third kappa shape index (κ3) is 3.76. The summed E-state index contributed by atoms with van der Waals surface area (Å²) in [7, 11) is 0. The van der Waals surface area contributed by atoms with Crippen molar-refractivity contribution in [3.05, 3.63) is 52.9 Å². The Morgan fingerprint density at radius 2 is 2.10 bits per heavy atom. The van der Waals surface area contributed by atoms with Crippen LogP contribution in [0, 0.1) is 0 Å². The fourth-order valence-corrected chi connectivity index (χ4v) is 1.94. The normalized spacial score (nSPS) is 11.7. The van der Waals surface area contributed by atoms with Gasteiger partial charge in [0.15, 0.2) is 0 Å². The molecule has 0 saturated carbocycles. The standard InChI is InChI=1S/C14H13ClN2O4/c1-8(12-3-2-6-21-12)16-14(20)17-9-4-5-11(15)10(7-9)13(18)19/h2-8H,1H3,(H,18,19)(H2,16,17,20). The second-order valence-corrected chi connectivity index (χ2v) is 4.74. The van der Waals surface area contributed by atoms with Crippen molar-refractivity contribution < 1.29 is 19.1 Å². The van der Waals surface area contributed by atoms with Gasteiger partial charge in [0.25, 0.3) is 0 Å². The molecule has 0 fully saturated rings. The summed E-state index contributed by atoms with van der Waals surface area (Å²) < 4.78 is 5.18. The molecule has 1 atom stereocenters. The molecule has 110 valence electrons. The van der Waals surface area contributed by atoms with Crippen molar-refractivity contribution in [2.75, 3.05) is 5.32 Å². The molecule has 1 aromatic heterocycles. The largest absolute Gasteiger partial charge is 0.478 e. The summed E-state index contributed by atoms with van der Waals surface area (Å²) >= 11 is 5.76. The van der Waals surface area contributed by atoms with E-state index < -0.39 is 12.0 Å². The molecule has 1 heterocycles. The predicted molar refractivity (Wildman–Crippen MR) is 77.7 cm³/mol. The number of amides is 2. The van der Waals surface area contributed by atoms with Gasteiger partial charge in [0.05, 0.1) is 22.9 Å². The first-order chi connectivity index (χ1) is 9.97. The summed E-state index contributed by atoms with van der Waals surface area (Å²) in [4.78, 5) is 22.8. The molecular weight excluding hydrogens is 296 g/mol. The van der Waals surface area contributed by atoms with Crippen LogP contribution in [0.2, 0.25) is 5.02 Å². The Morgan fingerprint density at radius 1 is 1.33 bits per heavy atom. The van der Waals surface area contributed by atoms with Gasteiger partial charge in [-0.25, -0.2) is 9.59 Å². The molecule has 0 saturated heterocycles. The van der Waals surface area contributed by atoms with Crippen molar-refractivity contribution in [1.29, 1.82) is 0 Å². The Balaban J connectivity index is 2.03. The highest BCUT2D eigenvalue weighted by molar-refractivity contribution is 6.33. The lowest BCUT2D eigenvalue weighted by molar-refractivity contribution is 0.0697. The summed E-state index contributed by atoms with van der Waals surface area (Å²) in [6.07, 6.45) is 1.52. The lowest BCUT2D eigenvalue weighted by atomic mass is 10.2. The molecule has 0 aliphatic rings. The molecule has 0 spiro atoms. The van der Waals surface area contributed by atoms with Gasteiger partial charge in [-0.1, -0.05) is 11.6 Å². The van der Waals surface area contributed by atoms with Crippen LogP contribution < -0.4 is 10.6 Å². The number of hydrogen-bond donors (Lipinski definition) is 3. The first-order valence-corrected chi connectivity index (χ1v) is 6.49. The Morgan fingerprint density at radius 3 is 2.71 bits per heavy atom. The second kappa shape index (κ2) is 6.32. The molecular formula is C14H13ClN2O4. The van der Waals surface area contributed by atoms with Gasteiger partial charge in [0.1, 0.15) is 5.76 Å². The van der Waals surface area contributed by atoms with Gasteiger partial charge in [-0.2, -0.15) is 0 Å². The van der Waals surface area contributed by atoms with Crippen LogP contribution in [-0.2, 0) is 0 Å². The van der Waals surface area contributed by atoms with E-state index in [-0.39, 0.29) is 16.6 Å². The Labute approximate surface area is 125 Å². The van der Waals surface area contributed by atoms with Gasteiger partial charge in [-0.05, 0) is 37.3 Å². The van der Waals surface area contributed by atoms with Crippen LogP contribution in [0.25, 0.3) is 0 Å². The maximum atomic E-state index is 11.8. The molecule has 0 bridgehead atoms. The SMILES string of the molecule is CC(NC(=O)Nc1ccc(Cl)c(C(=O)O)c1)c1ccco1. The average Bonchev–Trinajstić information content (AvgIpc) is 2.94. The minimum Gasteiger partial charge on any atom is -0.478 e. The molecule has 2 rings (SSSR count). The van der Waals surface area contributed by atoms with Crippen LogP contribution in [0.4, 0.5) is 10.5 Å². The van der Waals surface area contributed by atoms with Gasteiger partial charge in [0.2, 0.25) is 0 Å². The molecule has 0 radical (unpaired) electrons. The van der Waals surface area contributed by atoms with Crippen LogP contribution in [0.3, 0.4) is 0 Å². The summed E-state index contributed by atoms with van der Waals surface area (Å²) in [5.74, 6) is -0.541. The van der Waals surface area contributed by atoms with Crippen molar-refractivity contribution in [2.45, 2.75) is 13.0 Å². The molecule has 3 N–H and O–H groups in total. The van der Waals surface area contributed by atoms with Crippen LogP contribution in [0.5, 0.6) is 0 Å². The first-order valence-electron chi connectivity index (χ1n) is 6.11. The number of carboxylic acid groups (broad SMARTS) is 1. The second-order valence-electron chi connectivity index (χ2n) is 4.34. The smallest absolute Gasteiger partial charge is 0.337 e. The van der Waals surface area contributed by atoms with E-state index in [1.165, 1.54) is 24.5 Å². The molecule has 0 aliphatic carbocycles. The van der Waals surface area contributed by atoms with Crippen molar-refractivity contribution in [2.24, 2.45) is 0 Å². The zero-order chi connectivity index (χ0) is 15.4. The lowest BCUT2D eigenvalue weighted by Crippen LogP contribution is -2.31. The number of anilines is 1. The Bertz CT molecular complexity index is 655. The van der Waals surface area contributed by atoms with E-state index in [9.17, 15) is 9.59 Å². The van der Waals surface area contributed by atoms with E-state index in [1.54, 1.807) is 19.1 Å². The number of nitrogens with one attached hydrogen (secondary N) is 2. The fourth-order valence-electron chi connectivity index (χ4n) is 1.74. The highest BCUT2D eigenvalue weighted by atomic mass is 35.5. The maximum Gasteiger partial charge on any atom is 0.337 e. The third-order valence-corrected chi connectivity index (χ3v) is 3.10.